The number of amides is 1. The third kappa shape index (κ3) is 3.20. The molecule has 0 N–H and O–H groups in total. The molecule has 4 heteroatoms. The van der Waals surface area contributed by atoms with Crippen LogP contribution in [-0.2, 0) is 11.3 Å². The minimum absolute atomic E-state index is 0.833. The summed E-state index contributed by atoms with van der Waals surface area (Å²) in [6.45, 7) is 4.51. The van der Waals surface area contributed by atoms with E-state index in [4.69, 9.17) is 4.74 Å². The minimum atomic E-state index is 0.833. The Hall–Kier alpha value is -1.55. The third-order valence-electron chi connectivity index (χ3n) is 3.12. The standard InChI is InChI=1S/C13H18N2O2/c1-17-13-4-2-12(3-5-13)10-14-6-8-15(11-16)9-7-14/h2-5,11H,6-10H2,1H3. The van der Waals surface area contributed by atoms with Crippen molar-refractivity contribution < 1.29 is 9.53 Å². The van der Waals surface area contributed by atoms with E-state index < -0.39 is 0 Å². The summed E-state index contributed by atoms with van der Waals surface area (Å²) in [7, 11) is 1.67. The number of hydrogen-bond donors (Lipinski definition) is 0. The monoisotopic (exact) mass is 234 g/mol. The van der Waals surface area contributed by atoms with Gasteiger partial charge in [-0.3, -0.25) is 9.69 Å². The van der Waals surface area contributed by atoms with E-state index in [0.29, 0.717) is 0 Å². The molecule has 1 aliphatic rings. The maximum Gasteiger partial charge on any atom is 0.209 e. The molecule has 0 unspecified atom stereocenters. The van der Waals surface area contributed by atoms with Gasteiger partial charge < -0.3 is 9.64 Å². The number of benzene rings is 1. The fourth-order valence-electron chi connectivity index (χ4n) is 2.02. The topological polar surface area (TPSA) is 32.8 Å². The van der Waals surface area contributed by atoms with Crippen LogP contribution in [0.1, 0.15) is 5.56 Å². The Morgan fingerprint density at radius 3 is 2.35 bits per heavy atom. The molecule has 1 saturated heterocycles. The van der Waals surface area contributed by atoms with Crippen molar-refractivity contribution in [2.45, 2.75) is 6.54 Å². The first kappa shape index (κ1) is 11.9. The fourth-order valence-corrected chi connectivity index (χ4v) is 2.02. The molecular weight excluding hydrogens is 216 g/mol. The van der Waals surface area contributed by atoms with Gasteiger partial charge >= 0.3 is 0 Å². The van der Waals surface area contributed by atoms with Crippen molar-refractivity contribution in [3.63, 3.8) is 0 Å². The van der Waals surface area contributed by atoms with E-state index in [9.17, 15) is 4.79 Å². The lowest BCUT2D eigenvalue weighted by Crippen LogP contribution is -2.45. The summed E-state index contributed by atoms with van der Waals surface area (Å²) in [5.74, 6) is 0.888. The Morgan fingerprint density at radius 1 is 1.18 bits per heavy atom. The van der Waals surface area contributed by atoms with Gasteiger partial charge in [0.2, 0.25) is 6.41 Å². The number of ether oxygens (including phenoxy) is 1. The number of carbonyl (C=O) groups is 1. The van der Waals surface area contributed by atoms with Gasteiger partial charge in [-0.25, -0.2) is 0 Å². The van der Waals surface area contributed by atoms with Gasteiger partial charge in [0.1, 0.15) is 5.75 Å². The van der Waals surface area contributed by atoms with Crippen molar-refractivity contribution in [3.05, 3.63) is 29.8 Å². The van der Waals surface area contributed by atoms with Gasteiger partial charge in [0.15, 0.2) is 0 Å². The Kier molecular flexibility index (Phi) is 3.98. The van der Waals surface area contributed by atoms with Gasteiger partial charge in [0.05, 0.1) is 7.11 Å². The van der Waals surface area contributed by atoms with E-state index in [-0.39, 0.29) is 0 Å². The van der Waals surface area contributed by atoms with Crippen LogP contribution in [0.2, 0.25) is 0 Å². The molecule has 0 saturated carbocycles. The van der Waals surface area contributed by atoms with Crippen molar-refractivity contribution in [2.24, 2.45) is 0 Å². The molecule has 1 aromatic carbocycles. The number of hydrogen-bond acceptors (Lipinski definition) is 3. The van der Waals surface area contributed by atoms with Crippen molar-refractivity contribution in [3.8, 4) is 5.75 Å². The van der Waals surface area contributed by atoms with Crippen molar-refractivity contribution in [1.29, 1.82) is 0 Å². The average molecular weight is 234 g/mol. The first-order valence-corrected chi connectivity index (χ1v) is 5.86. The summed E-state index contributed by atoms with van der Waals surface area (Å²) < 4.78 is 5.13. The fraction of sp³-hybridized carbons (Fsp3) is 0.462. The second-order valence-corrected chi connectivity index (χ2v) is 4.27. The highest BCUT2D eigenvalue weighted by molar-refractivity contribution is 5.47. The van der Waals surface area contributed by atoms with Gasteiger partial charge in [-0.1, -0.05) is 12.1 Å². The predicted molar refractivity (Wildman–Crippen MR) is 65.9 cm³/mol. The van der Waals surface area contributed by atoms with Crippen molar-refractivity contribution >= 4 is 6.41 Å². The van der Waals surface area contributed by atoms with Crippen LogP contribution in [-0.4, -0.2) is 49.5 Å². The second kappa shape index (κ2) is 5.68. The Labute approximate surface area is 102 Å². The first-order chi connectivity index (χ1) is 8.31. The molecule has 0 spiro atoms. The van der Waals surface area contributed by atoms with Crippen molar-refractivity contribution in [2.75, 3.05) is 33.3 Å². The highest BCUT2D eigenvalue weighted by atomic mass is 16.5. The molecule has 17 heavy (non-hydrogen) atoms. The normalized spacial score (nSPS) is 16.9. The molecule has 0 aromatic heterocycles. The Balaban J connectivity index is 1.86. The van der Waals surface area contributed by atoms with Crippen LogP contribution in [0, 0.1) is 0 Å². The van der Waals surface area contributed by atoms with Crippen LogP contribution < -0.4 is 4.74 Å². The predicted octanol–water partition coefficient (Wildman–Crippen LogP) is 0.969. The zero-order valence-corrected chi connectivity index (χ0v) is 10.1. The van der Waals surface area contributed by atoms with Crippen LogP contribution in [0.3, 0.4) is 0 Å². The van der Waals surface area contributed by atoms with Gasteiger partial charge in [-0.05, 0) is 17.7 Å². The molecule has 1 aromatic rings. The highest BCUT2D eigenvalue weighted by Gasteiger charge is 2.15. The van der Waals surface area contributed by atoms with Crippen LogP contribution >= 0.6 is 0 Å². The van der Waals surface area contributed by atoms with E-state index >= 15 is 0 Å². The lowest BCUT2D eigenvalue weighted by atomic mass is 10.2. The zero-order chi connectivity index (χ0) is 12.1. The first-order valence-electron chi connectivity index (χ1n) is 5.86. The van der Waals surface area contributed by atoms with E-state index in [2.05, 4.69) is 17.0 Å². The van der Waals surface area contributed by atoms with Crippen LogP contribution in [0.15, 0.2) is 24.3 Å². The van der Waals surface area contributed by atoms with Crippen molar-refractivity contribution in [1.82, 2.24) is 9.80 Å². The number of methoxy groups -OCH3 is 1. The number of nitrogens with zero attached hydrogens (tertiary/aromatic N) is 2. The molecule has 0 bridgehead atoms. The molecule has 4 nitrogen and oxygen atoms in total. The number of piperazine rings is 1. The minimum Gasteiger partial charge on any atom is -0.497 e. The molecule has 0 atom stereocenters. The molecule has 1 amide bonds. The van der Waals surface area contributed by atoms with E-state index in [1.165, 1.54) is 5.56 Å². The maximum atomic E-state index is 10.6. The van der Waals surface area contributed by atoms with Gasteiger partial charge in [0.25, 0.3) is 0 Å². The molecule has 0 radical (unpaired) electrons. The highest BCUT2D eigenvalue weighted by Crippen LogP contribution is 2.13. The molecule has 2 rings (SSSR count). The maximum absolute atomic E-state index is 10.6. The SMILES string of the molecule is COc1ccc(CN2CCN(C=O)CC2)cc1. The number of carbonyl (C=O) groups excluding carboxylic acids is 1. The quantitative estimate of drug-likeness (QED) is 0.728. The smallest absolute Gasteiger partial charge is 0.209 e. The summed E-state index contributed by atoms with van der Waals surface area (Å²) in [5.41, 5.74) is 1.28. The summed E-state index contributed by atoms with van der Waals surface area (Å²) in [6, 6.07) is 8.14. The van der Waals surface area contributed by atoms with E-state index in [1.54, 1.807) is 7.11 Å². The molecular formula is C13H18N2O2. The summed E-state index contributed by atoms with van der Waals surface area (Å²) in [5, 5.41) is 0. The largest absolute Gasteiger partial charge is 0.497 e. The van der Waals surface area contributed by atoms with E-state index in [1.807, 2.05) is 17.0 Å². The third-order valence-corrected chi connectivity index (χ3v) is 3.12. The van der Waals surface area contributed by atoms with Crippen LogP contribution in [0.4, 0.5) is 0 Å². The molecule has 92 valence electrons. The summed E-state index contributed by atoms with van der Waals surface area (Å²) in [4.78, 5) is 14.8. The van der Waals surface area contributed by atoms with Gasteiger partial charge in [-0.2, -0.15) is 0 Å². The zero-order valence-electron chi connectivity index (χ0n) is 10.1. The summed E-state index contributed by atoms with van der Waals surface area (Å²) in [6.07, 6.45) is 0.935. The van der Waals surface area contributed by atoms with Crippen LogP contribution in [0.25, 0.3) is 0 Å². The second-order valence-electron chi connectivity index (χ2n) is 4.27. The Morgan fingerprint density at radius 2 is 1.82 bits per heavy atom. The molecule has 1 fully saturated rings. The van der Waals surface area contributed by atoms with Gasteiger partial charge in [-0.15, -0.1) is 0 Å². The lowest BCUT2D eigenvalue weighted by molar-refractivity contribution is -0.119. The van der Waals surface area contributed by atoms with Gasteiger partial charge in [0, 0.05) is 32.7 Å². The molecule has 1 aliphatic heterocycles. The number of rotatable bonds is 4. The molecule has 0 aliphatic carbocycles. The lowest BCUT2D eigenvalue weighted by Gasteiger charge is -2.32. The van der Waals surface area contributed by atoms with E-state index in [0.717, 1.165) is 44.9 Å². The summed E-state index contributed by atoms with van der Waals surface area (Å²) >= 11 is 0. The average Bonchev–Trinajstić information content (AvgIpc) is 2.40. The molecule has 1 heterocycles. The van der Waals surface area contributed by atoms with Crippen LogP contribution in [0.5, 0.6) is 5.75 Å². The Bertz CT molecular complexity index is 356.